The molecule has 0 fully saturated rings. The summed E-state index contributed by atoms with van der Waals surface area (Å²) in [7, 11) is 0. The summed E-state index contributed by atoms with van der Waals surface area (Å²) < 4.78 is 0. The molecule has 0 heterocycles. The highest BCUT2D eigenvalue weighted by Crippen LogP contribution is 2.20. The summed E-state index contributed by atoms with van der Waals surface area (Å²) in [6.45, 7) is 4.53. The fraction of sp³-hybridized carbons (Fsp3) is 0.364. The molecule has 0 aromatic heterocycles. The maximum absolute atomic E-state index is 8.91. The standard InChI is InChI=1S/C11H15N3/c1-8-4-3-5-10(7-13)11(8)14-9(2)6-12/h3-5,9,14H,6,12H2,1-2H3. The second-order valence-electron chi connectivity index (χ2n) is 3.39. The lowest BCUT2D eigenvalue weighted by molar-refractivity contribution is 0.802. The minimum Gasteiger partial charge on any atom is -0.380 e. The highest BCUT2D eigenvalue weighted by Gasteiger charge is 2.06. The predicted molar refractivity (Wildman–Crippen MR) is 58.0 cm³/mol. The summed E-state index contributed by atoms with van der Waals surface area (Å²) in [6.07, 6.45) is 0. The van der Waals surface area contributed by atoms with Crippen LogP contribution in [0.1, 0.15) is 18.1 Å². The van der Waals surface area contributed by atoms with Crippen LogP contribution in [0.4, 0.5) is 5.69 Å². The van der Waals surface area contributed by atoms with Crippen LogP contribution in [0.3, 0.4) is 0 Å². The number of nitrogens with one attached hydrogen (secondary N) is 1. The van der Waals surface area contributed by atoms with E-state index in [-0.39, 0.29) is 6.04 Å². The molecule has 14 heavy (non-hydrogen) atoms. The molecule has 0 aliphatic heterocycles. The number of nitrogens with zero attached hydrogens (tertiary/aromatic N) is 1. The first-order chi connectivity index (χ1) is 6.69. The maximum atomic E-state index is 8.91. The first kappa shape index (κ1) is 10.6. The number of hydrogen-bond donors (Lipinski definition) is 2. The van der Waals surface area contributed by atoms with Crippen molar-refractivity contribution in [3.8, 4) is 6.07 Å². The molecule has 0 bridgehead atoms. The zero-order valence-electron chi connectivity index (χ0n) is 8.54. The van der Waals surface area contributed by atoms with Crippen LogP contribution in [0, 0.1) is 18.3 Å². The SMILES string of the molecule is Cc1cccc(C#N)c1NC(C)CN. The summed E-state index contributed by atoms with van der Waals surface area (Å²) in [5, 5.41) is 12.1. The van der Waals surface area contributed by atoms with Gasteiger partial charge in [-0.15, -0.1) is 0 Å². The number of nitriles is 1. The first-order valence-electron chi connectivity index (χ1n) is 4.65. The van der Waals surface area contributed by atoms with E-state index in [1.165, 1.54) is 0 Å². The van der Waals surface area contributed by atoms with Crippen molar-refractivity contribution in [3.63, 3.8) is 0 Å². The zero-order valence-corrected chi connectivity index (χ0v) is 8.54. The number of hydrogen-bond acceptors (Lipinski definition) is 3. The van der Waals surface area contributed by atoms with Crippen LogP contribution in [-0.4, -0.2) is 12.6 Å². The van der Waals surface area contributed by atoms with Crippen LogP contribution < -0.4 is 11.1 Å². The summed E-state index contributed by atoms with van der Waals surface area (Å²) in [6, 6.07) is 8.01. The van der Waals surface area contributed by atoms with E-state index in [0.29, 0.717) is 12.1 Å². The van der Waals surface area contributed by atoms with Gasteiger partial charge in [-0.2, -0.15) is 5.26 Å². The molecule has 0 saturated carbocycles. The van der Waals surface area contributed by atoms with Crippen molar-refractivity contribution in [2.24, 2.45) is 5.73 Å². The number of rotatable bonds is 3. The maximum Gasteiger partial charge on any atom is 0.101 e. The predicted octanol–water partition coefficient (Wildman–Crippen LogP) is 1.63. The molecule has 3 heteroatoms. The number of para-hydroxylation sites is 1. The summed E-state index contributed by atoms with van der Waals surface area (Å²) in [5.41, 5.74) is 8.16. The van der Waals surface area contributed by atoms with Crippen LogP contribution in [0.5, 0.6) is 0 Å². The number of benzene rings is 1. The van der Waals surface area contributed by atoms with Crippen molar-refractivity contribution in [2.75, 3.05) is 11.9 Å². The van der Waals surface area contributed by atoms with Gasteiger partial charge < -0.3 is 11.1 Å². The third kappa shape index (κ3) is 2.24. The van der Waals surface area contributed by atoms with Gasteiger partial charge in [0.05, 0.1) is 11.3 Å². The quantitative estimate of drug-likeness (QED) is 0.759. The van der Waals surface area contributed by atoms with Crippen molar-refractivity contribution >= 4 is 5.69 Å². The molecule has 0 radical (unpaired) electrons. The molecule has 0 saturated heterocycles. The Morgan fingerprint density at radius 2 is 2.29 bits per heavy atom. The topological polar surface area (TPSA) is 61.8 Å². The molecule has 0 spiro atoms. The van der Waals surface area contributed by atoms with E-state index in [2.05, 4.69) is 11.4 Å². The lowest BCUT2D eigenvalue weighted by atomic mass is 10.1. The van der Waals surface area contributed by atoms with Gasteiger partial charge in [0.25, 0.3) is 0 Å². The van der Waals surface area contributed by atoms with Gasteiger partial charge in [0.2, 0.25) is 0 Å². The van der Waals surface area contributed by atoms with Crippen molar-refractivity contribution in [2.45, 2.75) is 19.9 Å². The van der Waals surface area contributed by atoms with Crippen molar-refractivity contribution in [1.29, 1.82) is 5.26 Å². The number of nitrogens with two attached hydrogens (primary N) is 1. The largest absolute Gasteiger partial charge is 0.380 e. The Balaban J connectivity index is 3.00. The minimum absolute atomic E-state index is 0.184. The van der Waals surface area contributed by atoms with Gasteiger partial charge >= 0.3 is 0 Å². The van der Waals surface area contributed by atoms with Crippen LogP contribution in [0.15, 0.2) is 18.2 Å². The van der Waals surface area contributed by atoms with E-state index >= 15 is 0 Å². The highest BCUT2D eigenvalue weighted by atomic mass is 14.9. The molecular weight excluding hydrogens is 174 g/mol. The van der Waals surface area contributed by atoms with E-state index in [0.717, 1.165) is 11.3 Å². The minimum atomic E-state index is 0.184. The molecule has 3 N–H and O–H groups in total. The van der Waals surface area contributed by atoms with E-state index in [1.54, 1.807) is 6.07 Å². The average Bonchev–Trinajstić information content (AvgIpc) is 2.20. The Labute approximate surface area is 84.5 Å². The fourth-order valence-electron chi connectivity index (χ4n) is 1.26. The smallest absolute Gasteiger partial charge is 0.101 e. The Morgan fingerprint density at radius 3 is 2.86 bits per heavy atom. The molecule has 0 aliphatic rings. The average molecular weight is 189 g/mol. The summed E-state index contributed by atoms with van der Waals surface area (Å²) >= 11 is 0. The molecular formula is C11H15N3. The van der Waals surface area contributed by atoms with Crippen molar-refractivity contribution in [1.82, 2.24) is 0 Å². The van der Waals surface area contributed by atoms with Gasteiger partial charge in [0.1, 0.15) is 6.07 Å². The molecule has 1 rings (SSSR count). The Kier molecular flexibility index (Phi) is 3.49. The third-order valence-electron chi connectivity index (χ3n) is 2.14. The van der Waals surface area contributed by atoms with Gasteiger partial charge in [-0.05, 0) is 25.5 Å². The van der Waals surface area contributed by atoms with Gasteiger partial charge in [-0.1, -0.05) is 12.1 Å². The summed E-state index contributed by atoms with van der Waals surface area (Å²) in [4.78, 5) is 0. The van der Waals surface area contributed by atoms with E-state index in [9.17, 15) is 0 Å². The van der Waals surface area contributed by atoms with Crippen molar-refractivity contribution in [3.05, 3.63) is 29.3 Å². The Bertz CT molecular complexity index is 352. The Morgan fingerprint density at radius 1 is 1.57 bits per heavy atom. The fourth-order valence-corrected chi connectivity index (χ4v) is 1.26. The Hall–Kier alpha value is -1.53. The van der Waals surface area contributed by atoms with Crippen molar-refractivity contribution < 1.29 is 0 Å². The number of aryl methyl sites for hydroxylation is 1. The normalized spacial score (nSPS) is 11.9. The van der Waals surface area contributed by atoms with Gasteiger partial charge in [0.15, 0.2) is 0 Å². The molecule has 1 atom stereocenters. The number of anilines is 1. The molecule has 0 amide bonds. The molecule has 1 aromatic rings. The van der Waals surface area contributed by atoms with Crippen LogP contribution in [0.2, 0.25) is 0 Å². The van der Waals surface area contributed by atoms with E-state index in [4.69, 9.17) is 11.0 Å². The molecule has 3 nitrogen and oxygen atoms in total. The second-order valence-corrected chi connectivity index (χ2v) is 3.39. The molecule has 0 aliphatic carbocycles. The van der Waals surface area contributed by atoms with Gasteiger partial charge in [-0.3, -0.25) is 0 Å². The van der Waals surface area contributed by atoms with Crippen LogP contribution in [-0.2, 0) is 0 Å². The van der Waals surface area contributed by atoms with Gasteiger partial charge in [-0.25, -0.2) is 0 Å². The second kappa shape index (κ2) is 4.64. The highest BCUT2D eigenvalue weighted by molar-refractivity contribution is 5.62. The zero-order chi connectivity index (χ0) is 10.6. The van der Waals surface area contributed by atoms with Crippen LogP contribution in [0.25, 0.3) is 0 Å². The lowest BCUT2D eigenvalue weighted by Crippen LogP contribution is -2.26. The van der Waals surface area contributed by atoms with Gasteiger partial charge in [0, 0.05) is 12.6 Å². The monoisotopic (exact) mass is 189 g/mol. The summed E-state index contributed by atoms with van der Waals surface area (Å²) in [5.74, 6) is 0. The third-order valence-corrected chi connectivity index (χ3v) is 2.14. The first-order valence-corrected chi connectivity index (χ1v) is 4.65. The lowest BCUT2D eigenvalue weighted by Gasteiger charge is -2.16. The molecule has 1 aromatic carbocycles. The van der Waals surface area contributed by atoms with Crippen LogP contribution >= 0.6 is 0 Å². The molecule has 1 unspecified atom stereocenters. The van der Waals surface area contributed by atoms with E-state index < -0.39 is 0 Å². The molecule has 74 valence electrons. The van der Waals surface area contributed by atoms with E-state index in [1.807, 2.05) is 26.0 Å².